The van der Waals surface area contributed by atoms with Crippen LogP contribution >= 0.6 is 0 Å². The number of hydrogen-bond donors (Lipinski definition) is 1. The molecule has 2 aromatic rings. The second-order valence-electron chi connectivity index (χ2n) is 6.54. The molecule has 1 fully saturated rings. The van der Waals surface area contributed by atoms with E-state index >= 15 is 0 Å². The van der Waals surface area contributed by atoms with Crippen LogP contribution in [0.15, 0.2) is 48.5 Å². The number of piperazine rings is 1. The molecule has 1 N–H and O–H groups in total. The summed E-state index contributed by atoms with van der Waals surface area (Å²) in [5.74, 6) is -0.598. The van der Waals surface area contributed by atoms with E-state index in [2.05, 4.69) is 10.2 Å². The Morgan fingerprint density at radius 2 is 1.68 bits per heavy atom. The van der Waals surface area contributed by atoms with Crippen LogP contribution in [-0.4, -0.2) is 55.8 Å². The van der Waals surface area contributed by atoms with Crippen LogP contribution < -0.4 is 15.0 Å². The van der Waals surface area contributed by atoms with Crippen molar-refractivity contribution < 1.29 is 19.1 Å². The summed E-state index contributed by atoms with van der Waals surface area (Å²) in [4.78, 5) is 39.9. The lowest BCUT2D eigenvalue weighted by molar-refractivity contribution is -0.143. The van der Waals surface area contributed by atoms with Crippen LogP contribution in [0.25, 0.3) is 0 Å². The predicted octanol–water partition coefficient (Wildman–Crippen LogP) is 2.19. The maximum Gasteiger partial charge on any atom is 0.313 e. The van der Waals surface area contributed by atoms with Crippen LogP contribution in [-0.2, 0) is 9.59 Å². The first-order chi connectivity index (χ1) is 13.5. The zero-order valence-electron chi connectivity index (χ0n) is 16.0. The van der Waals surface area contributed by atoms with Gasteiger partial charge in [-0.2, -0.15) is 0 Å². The molecule has 3 rings (SSSR count). The normalized spacial score (nSPS) is 13.8. The highest BCUT2D eigenvalue weighted by molar-refractivity contribution is 6.39. The van der Waals surface area contributed by atoms with Crippen molar-refractivity contribution in [3.05, 3.63) is 54.1 Å². The molecule has 0 saturated carbocycles. The van der Waals surface area contributed by atoms with Crippen molar-refractivity contribution >= 4 is 29.0 Å². The summed E-state index contributed by atoms with van der Waals surface area (Å²) < 4.78 is 5.39. The van der Waals surface area contributed by atoms with E-state index in [4.69, 9.17) is 4.74 Å². The molecule has 7 heteroatoms. The Bertz CT molecular complexity index is 889. The van der Waals surface area contributed by atoms with Gasteiger partial charge in [-0.05, 0) is 31.2 Å². The molecule has 0 bridgehead atoms. The highest BCUT2D eigenvalue weighted by atomic mass is 16.5. The molecule has 0 aromatic heterocycles. The molecular weight excluding hydrogens is 358 g/mol. The molecule has 28 heavy (non-hydrogen) atoms. The molecule has 2 amide bonds. The van der Waals surface area contributed by atoms with Gasteiger partial charge in [0.2, 0.25) is 0 Å². The Labute approximate surface area is 163 Å². The third-order valence-corrected chi connectivity index (χ3v) is 4.71. The van der Waals surface area contributed by atoms with Crippen molar-refractivity contribution in [2.24, 2.45) is 0 Å². The topological polar surface area (TPSA) is 79.0 Å². The van der Waals surface area contributed by atoms with E-state index in [1.807, 2.05) is 24.3 Å². The van der Waals surface area contributed by atoms with Gasteiger partial charge in [-0.25, -0.2) is 0 Å². The Hall–Kier alpha value is -3.35. The zero-order chi connectivity index (χ0) is 20.1. The summed E-state index contributed by atoms with van der Waals surface area (Å²) in [5, 5.41) is 2.58. The van der Waals surface area contributed by atoms with E-state index in [1.165, 1.54) is 11.8 Å². The lowest BCUT2D eigenvalue weighted by Gasteiger charge is -2.36. The fraction of sp³-hybridized carbons (Fsp3) is 0.286. The molecule has 0 atom stereocenters. The Morgan fingerprint density at radius 1 is 0.964 bits per heavy atom. The van der Waals surface area contributed by atoms with Crippen molar-refractivity contribution in [2.45, 2.75) is 6.92 Å². The second-order valence-corrected chi connectivity index (χ2v) is 6.54. The van der Waals surface area contributed by atoms with E-state index in [0.717, 1.165) is 11.4 Å². The van der Waals surface area contributed by atoms with Gasteiger partial charge in [-0.15, -0.1) is 0 Å². The summed E-state index contributed by atoms with van der Waals surface area (Å²) in [6.45, 7) is 3.56. The fourth-order valence-corrected chi connectivity index (χ4v) is 3.19. The number of amides is 2. The number of ether oxygens (including phenoxy) is 1. The first kappa shape index (κ1) is 19.4. The van der Waals surface area contributed by atoms with Crippen LogP contribution in [0, 0.1) is 0 Å². The van der Waals surface area contributed by atoms with Gasteiger partial charge in [0.25, 0.3) is 0 Å². The predicted molar refractivity (Wildman–Crippen MR) is 107 cm³/mol. The number of nitrogens with one attached hydrogen (secondary N) is 1. The largest absolute Gasteiger partial charge is 0.495 e. The van der Waals surface area contributed by atoms with Crippen molar-refractivity contribution in [2.75, 3.05) is 43.5 Å². The van der Waals surface area contributed by atoms with Crippen LogP contribution in [0.4, 0.5) is 11.4 Å². The number of rotatable bonds is 4. The number of benzene rings is 2. The Kier molecular flexibility index (Phi) is 5.93. The van der Waals surface area contributed by atoms with Crippen LogP contribution in [0.2, 0.25) is 0 Å². The number of hydrogen-bond acceptors (Lipinski definition) is 5. The quantitative estimate of drug-likeness (QED) is 0.649. The third kappa shape index (κ3) is 4.31. The SMILES string of the molecule is COc1ccccc1N1CCN(C(=O)C(=O)Nc2cccc(C(C)=O)c2)CC1. The van der Waals surface area contributed by atoms with Crippen molar-refractivity contribution in [1.82, 2.24) is 4.90 Å². The van der Waals surface area contributed by atoms with E-state index in [1.54, 1.807) is 31.4 Å². The summed E-state index contributed by atoms with van der Waals surface area (Å²) in [5.41, 5.74) is 1.89. The van der Waals surface area contributed by atoms with Gasteiger partial charge in [0, 0.05) is 37.4 Å². The second kappa shape index (κ2) is 8.56. The maximum absolute atomic E-state index is 12.5. The molecule has 0 spiro atoms. The van der Waals surface area contributed by atoms with Gasteiger partial charge in [-0.3, -0.25) is 14.4 Å². The molecule has 1 saturated heterocycles. The van der Waals surface area contributed by atoms with Crippen molar-refractivity contribution in [1.29, 1.82) is 0 Å². The van der Waals surface area contributed by atoms with Crippen molar-refractivity contribution in [3.63, 3.8) is 0 Å². The first-order valence-electron chi connectivity index (χ1n) is 9.09. The van der Waals surface area contributed by atoms with Crippen LogP contribution in [0.1, 0.15) is 17.3 Å². The number of methoxy groups -OCH3 is 1. The molecular formula is C21H23N3O4. The lowest BCUT2D eigenvalue weighted by atomic mass is 10.1. The number of para-hydroxylation sites is 2. The number of carbonyl (C=O) groups excluding carboxylic acids is 3. The summed E-state index contributed by atoms with van der Waals surface area (Å²) in [7, 11) is 1.63. The molecule has 1 aliphatic heterocycles. The summed E-state index contributed by atoms with van der Waals surface area (Å²) >= 11 is 0. The zero-order valence-corrected chi connectivity index (χ0v) is 16.0. The molecule has 0 aliphatic carbocycles. The highest BCUT2D eigenvalue weighted by Crippen LogP contribution is 2.28. The average Bonchev–Trinajstić information content (AvgIpc) is 2.73. The number of Topliss-reactive ketones (excluding diaryl/α,β-unsaturated/α-hetero) is 1. The van der Waals surface area contributed by atoms with Crippen LogP contribution in [0.5, 0.6) is 5.75 Å². The van der Waals surface area contributed by atoms with Crippen LogP contribution in [0.3, 0.4) is 0 Å². The Morgan fingerprint density at radius 3 is 2.36 bits per heavy atom. The minimum atomic E-state index is -0.702. The molecule has 146 valence electrons. The minimum absolute atomic E-state index is 0.102. The minimum Gasteiger partial charge on any atom is -0.495 e. The van der Waals surface area contributed by atoms with Crippen molar-refractivity contribution in [3.8, 4) is 5.75 Å². The molecule has 0 unspecified atom stereocenters. The molecule has 1 aliphatic rings. The van der Waals surface area contributed by atoms with Gasteiger partial charge in [0.05, 0.1) is 12.8 Å². The van der Waals surface area contributed by atoms with Gasteiger partial charge < -0.3 is 19.9 Å². The van der Waals surface area contributed by atoms with E-state index in [-0.39, 0.29) is 5.78 Å². The van der Waals surface area contributed by atoms with Gasteiger partial charge in [0.1, 0.15) is 5.75 Å². The smallest absolute Gasteiger partial charge is 0.313 e. The number of anilines is 2. The molecule has 7 nitrogen and oxygen atoms in total. The highest BCUT2D eigenvalue weighted by Gasteiger charge is 2.27. The molecule has 1 heterocycles. The lowest BCUT2D eigenvalue weighted by Crippen LogP contribution is -2.51. The average molecular weight is 381 g/mol. The molecule has 0 radical (unpaired) electrons. The van der Waals surface area contributed by atoms with Gasteiger partial charge in [-0.1, -0.05) is 24.3 Å². The number of ketones is 1. The maximum atomic E-state index is 12.5. The number of carbonyl (C=O) groups is 3. The summed E-state index contributed by atoms with van der Waals surface area (Å²) in [6, 6.07) is 14.3. The third-order valence-electron chi connectivity index (χ3n) is 4.71. The summed E-state index contributed by atoms with van der Waals surface area (Å²) in [6.07, 6.45) is 0. The molecule has 2 aromatic carbocycles. The van der Waals surface area contributed by atoms with E-state index in [0.29, 0.717) is 37.4 Å². The number of nitrogens with zero attached hydrogens (tertiary/aromatic N) is 2. The van der Waals surface area contributed by atoms with E-state index in [9.17, 15) is 14.4 Å². The van der Waals surface area contributed by atoms with Gasteiger partial charge in [0.15, 0.2) is 5.78 Å². The fourth-order valence-electron chi connectivity index (χ4n) is 3.19. The Balaban J connectivity index is 1.59. The van der Waals surface area contributed by atoms with E-state index < -0.39 is 11.8 Å². The monoisotopic (exact) mass is 381 g/mol. The van der Waals surface area contributed by atoms with Gasteiger partial charge >= 0.3 is 11.8 Å². The standard InChI is InChI=1S/C21H23N3O4/c1-15(25)16-6-5-7-17(14-16)22-20(26)21(27)24-12-10-23(11-13-24)18-8-3-4-9-19(18)28-2/h3-9,14H,10-13H2,1-2H3,(H,22,26). The first-order valence-corrected chi connectivity index (χ1v) is 9.09.